The smallest absolute Gasteiger partial charge is 0.223 e. The number of nitrogens with two attached hydrogens (primary N) is 1. The Kier molecular flexibility index (Phi) is 3.76. The normalized spacial score (nSPS) is 16.8. The third-order valence-electron chi connectivity index (χ3n) is 4.69. The van der Waals surface area contributed by atoms with Gasteiger partial charge in [0.15, 0.2) is 0 Å². The van der Waals surface area contributed by atoms with Crippen LogP contribution in [-0.2, 0) is 6.42 Å². The Hall–Kier alpha value is -2.34. The molecule has 0 bridgehead atoms. The maximum Gasteiger partial charge on any atom is 0.223 e. The topological polar surface area (TPSA) is 73.1 Å². The second kappa shape index (κ2) is 5.94. The summed E-state index contributed by atoms with van der Waals surface area (Å²) in [5.41, 5.74) is 8.58. The number of ether oxygens (including phenoxy) is 1. The van der Waals surface area contributed by atoms with Gasteiger partial charge in [-0.05, 0) is 42.5 Å². The number of aryl methyl sites for hydroxylation is 1. The van der Waals surface area contributed by atoms with Crippen molar-refractivity contribution in [2.75, 3.05) is 25.2 Å². The van der Waals surface area contributed by atoms with Gasteiger partial charge in [-0.3, -0.25) is 0 Å². The largest absolute Gasteiger partial charge is 0.497 e. The van der Waals surface area contributed by atoms with Gasteiger partial charge in [0.25, 0.3) is 0 Å². The number of aromatic nitrogens is 2. The van der Waals surface area contributed by atoms with E-state index in [0.29, 0.717) is 11.9 Å². The number of hydrogen-bond donors (Lipinski definition) is 2. The van der Waals surface area contributed by atoms with E-state index in [-0.39, 0.29) is 0 Å². The molecule has 124 valence electrons. The number of methoxy groups -OCH3 is 1. The van der Waals surface area contributed by atoms with Crippen LogP contribution in [0, 0.1) is 0 Å². The molecule has 0 aliphatic heterocycles. The quantitative estimate of drug-likeness (QED) is 0.759. The number of benzene rings is 1. The first-order valence-electron chi connectivity index (χ1n) is 8.11. The minimum absolute atomic E-state index is 0.325. The lowest BCUT2D eigenvalue weighted by atomic mass is 9.83. The molecule has 2 aromatic heterocycles. The minimum Gasteiger partial charge on any atom is -0.497 e. The van der Waals surface area contributed by atoms with Crippen molar-refractivity contribution in [1.82, 2.24) is 9.97 Å². The van der Waals surface area contributed by atoms with Crippen LogP contribution in [0.3, 0.4) is 0 Å². The lowest BCUT2D eigenvalue weighted by Gasteiger charge is -2.23. The first kappa shape index (κ1) is 15.2. The van der Waals surface area contributed by atoms with E-state index in [9.17, 15) is 0 Å². The van der Waals surface area contributed by atoms with Gasteiger partial charge in [-0.15, -0.1) is 11.3 Å². The van der Waals surface area contributed by atoms with E-state index in [1.54, 1.807) is 18.4 Å². The molecule has 24 heavy (non-hydrogen) atoms. The van der Waals surface area contributed by atoms with Crippen LogP contribution in [0.2, 0.25) is 0 Å². The summed E-state index contributed by atoms with van der Waals surface area (Å²) in [6, 6.07) is 8.41. The zero-order valence-corrected chi connectivity index (χ0v) is 14.6. The molecular formula is C18H20N4OS. The summed E-state index contributed by atoms with van der Waals surface area (Å²) >= 11 is 1.75. The summed E-state index contributed by atoms with van der Waals surface area (Å²) in [7, 11) is 3.58. The lowest BCUT2D eigenvalue weighted by Crippen LogP contribution is -2.09. The fraction of sp³-hybridized carbons (Fsp3) is 0.333. The average Bonchev–Trinajstić information content (AvgIpc) is 2.99. The third kappa shape index (κ3) is 2.38. The number of thiophene rings is 1. The highest BCUT2D eigenvalue weighted by Crippen LogP contribution is 2.46. The van der Waals surface area contributed by atoms with Gasteiger partial charge in [-0.2, -0.15) is 4.98 Å². The van der Waals surface area contributed by atoms with Gasteiger partial charge in [0.05, 0.1) is 12.5 Å². The highest BCUT2D eigenvalue weighted by Gasteiger charge is 2.28. The summed E-state index contributed by atoms with van der Waals surface area (Å²) in [6.07, 6.45) is 3.40. The number of nitrogens with one attached hydrogen (secondary N) is 1. The zero-order chi connectivity index (χ0) is 16.7. The average molecular weight is 340 g/mol. The zero-order valence-electron chi connectivity index (χ0n) is 13.8. The maximum absolute atomic E-state index is 5.87. The molecular weight excluding hydrogens is 320 g/mol. The van der Waals surface area contributed by atoms with Crippen molar-refractivity contribution in [3.8, 4) is 5.75 Å². The highest BCUT2D eigenvalue weighted by molar-refractivity contribution is 7.19. The van der Waals surface area contributed by atoms with Crippen LogP contribution < -0.4 is 15.8 Å². The van der Waals surface area contributed by atoms with Crippen molar-refractivity contribution < 1.29 is 4.74 Å². The van der Waals surface area contributed by atoms with E-state index in [1.165, 1.54) is 22.4 Å². The van der Waals surface area contributed by atoms with Crippen molar-refractivity contribution in [2.45, 2.75) is 25.2 Å². The number of nitrogen functional groups attached to an aromatic ring is 1. The van der Waals surface area contributed by atoms with Gasteiger partial charge in [0.1, 0.15) is 16.4 Å². The van der Waals surface area contributed by atoms with Gasteiger partial charge >= 0.3 is 0 Å². The van der Waals surface area contributed by atoms with Crippen LogP contribution in [0.4, 0.5) is 11.8 Å². The Labute approximate surface area is 144 Å². The number of hydrogen-bond acceptors (Lipinski definition) is 6. The summed E-state index contributed by atoms with van der Waals surface area (Å²) in [4.78, 5) is 11.2. The van der Waals surface area contributed by atoms with Crippen LogP contribution in [0.25, 0.3) is 10.2 Å². The third-order valence-corrected chi connectivity index (χ3v) is 5.93. The van der Waals surface area contributed by atoms with Crippen molar-refractivity contribution in [3.63, 3.8) is 0 Å². The van der Waals surface area contributed by atoms with E-state index < -0.39 is 0 Å². The molecule has 6 heteroatoms. The number of nitrogens with zero attached hydrogens (tertiary/aromatic N) is 2. The van der Waals surface area contributed by atoms with E-state index >= 15 is 0 Å². The van der Waals surface area contributed by atoms with Gasteiger partial charge in [0, 0.05) is 17.8 Å². The summed E-state index contributed by atoms with van der Waals surface area (Å²) in [5, 5.41) is 4.32. The Balaban J connectivity index is 1.86. The first-order chi connectivity index (χ1) is 11.7. The predicted molar refractivity (Wildman–Crippen MR) is 99.1 cm³/mol. The molecule has 2 heterocycles. The first-order valence-corrected chi connectivity index (χ1v) is 8.93. The molecule has 1 aromatic carbocycles. The number of rotatable bonds is 3. The second-order valence-corrected chi connectivity index (χ2v) is 7.05. The second-order valence-electron chi connectivity index (χ2n) is 6.02. The SMILES string of the molecule is CNc1nc(N)nc2sc3c(c12)CCCC3c1ccc(OC)cc1. The van der Waals surface area contributed by atoms with Crippen molar-refractivity contribution in [2.24, 2.45) is 0 Å². The van der Waals surface area contributed by atoms with Crippen molar-refractivity contribution >= 4 is 33.3 Å². The molecule has 1 unspecified atom stereocenters. The van der Waals surface area contributed by atoms with Crippen LogP contribution >= 0.6 is 11.3 Å². The molecule has 1 aliphatic carbocycles. The van der Waals surface area contributed by atoms with Gasteiger partial charge in [-0.1, -0.05) is 12.1 Å². The molecule has 3 aromatic rings. The Bertz CT molecular complexity index is 888. The Morgan fingerprint density at radius 3 is 2.75 bits per heavy atom. The molecule has 0 saturated heterocycles. The highest BCUT2D eigenvalue weighted by atomic mass is 32.1. The van der Waals surface area contributed by atoms with E-state index in [1.807, 2.05) is 19.2 Å². The monoisotopic (exact) mass is 340 g/mol. The van der Waals surface area contributed by atoms with E-state index in [0.717, 1.165) is 34.6 Å². The molecule has 0 spiro atoms. The van der Waals surface area contributed by atoms with Gasteiger partial charge < -0.3 is 15.8 Å². The molecule has 1 atom stereocenters. The lowest BCUT2D eigenvalue weighted by molar-refractivity contribution is 0.414. The van der Waals surface area contributed by atoms with Gasteiger partial charge in [0.2, 0.25) is 5.95 Å². The maximum atomic E-state index is 5.87. The molecule has 5 nitrogen and oxygen atoms in total. The van der Waals surface area contributed by atoms with E-state index in [4.69, 9.17) is 10.5 Å². The number of anilines is 2. The fourth-order valence-corrected chi connectivity index (χ4v) is 4.96. The minimum atomic E-state index is 0.325. The Morgan fingerprint density at radius 1 is 1.25 bits per heavy atom. The van der Waals surface area contributed by atoms with Crippen LogP contribution in [0.1, 0.15) is 34.8 Å². The summed E-state index contributed by atoms with van der Waals surface area (Å²) in [5.74, 6) is 2.46. The van der Waals surface area contributed by atoms with Crippen LogP contribution in [0.15, 0.2) is 24.3 Å². The molecule has 3 N–H and O–H groups in total. The fourth-order valence-electron chi connectivity index (χ4n) is 3.57. The molecule has 0 amide bonds. The van der Waals surface area contributed by atoms with Crippen molar-refractivity contribution in [1.29, 1.82) is 0 Å². The molecule has 0 saturated carbocycles. The Morgan fingerprint density at radius 2 is 2.04 bits per heavy atom. The van der Waals surface area contributed by atoms with Crippen LogP contribution in [-0.4, -0.2) is 24.1 Å². The number of fused-ring (bicyclic) bond motifs is 3. The molecule has 4 rings (SSSR count). The van der Waals surface area contributed by atoms with Crippen molar-refractivity contribution in [3.05, 3.63) is 40.3 Å². The predicted octanol–water partition coefficient (Wildman–Crippen LogP) is 3.79. The standard InChI is InChI=1S/C18H20N4OS/c1-20-16-14-13-5-3-4-12(10-6-8-11(23-2)9-7-10)15(13)24-17(14)22-18(19)21-16/h6-9,12H,3-5H2,1-2H3,(H3,19,20,21,22). The van der Waals surface area contributed by atoms with E-state index in [2.05, 4.69) is 27.4 Å². The van der Waals surface area contributed by atoms with Crippen LogP contribution in [0.5, 0.6) is 5.75 Å². The summed E-state index contributed by atoms with van der Waals surface area (Å²) in [6.45, 7) is 0. The summed E-state index contributed by atoms with van der Waals surface area (Å²) < 4.78 is 5.28. The van der Waals surface area contributed by atoms with Gasteiger partial charge in [-0.25, -0.2) is 4.98 Å². The molecule has 1 aliphatic rings. The molecule has 0 fully saturated rings. The molecule has 0 radical (unpaired) electrons.